The summed E-state index contributed by atoms with van der Waals surface area (Å²) in [6.45, 7) is 2.74. The topological polar surface area (TPSA) is 55.1 Å². The molecule has 1 heterocycles. The van der Waals surface area contributed by atoms with Gasteiger partial charge in [0.25, 0.3) is 0 Å². The third kappa shape index (κ3) is 2.76. The number of carbonyl (C=O) groups excluding carboxylic acids is 1. The number of para-hydroxylation sites is 2. The normalized spacial score (nSPS) is 11.0. The van der Waals surface area contributed by atoms with Crippen LogP contribution < -0.4 is 0 Å². The Morgan fingerprint density at radius 1 is 1.32 bits per heavy atom. The van der Waals surface area contributed by atoms with Crippen LogP contribution in [-0.4, -0.2) is 19.8 Å². The first-order chi connectivity index (χ1) is 10.6. The summed E-state index contributed by atoms with van der Waals surface area (Å²) in [7, 11) is 0. The van der Waals surface area contributed by atoms with Crippen molar-refractivity contribution in [3.63, 3.8) is 0 Å². The lowest BCUT2D eigenvalue weighted by Gasteiger charge is -2.06. The van der Waals surface area contributed by atoms with Gasteiger partial charge in [0.1, 0.15) is 5.75 Å². The number of aromatic nitrogens is 2. The molecule has 0 aliphatic carbocycles. The van der Waals surface area contributed by atoms with Gasteiger partial charge in [-0.05, 0) is 49.0 Å². The number of aromatic hydroxyl groups is 1. The Labute approximate surface area is 140 Å². The molecule has 6 heteroatoms. The summed E-state index contributed by atoms with van der Waals surface area (Å²) in [5.74, 6) is -0.0279. The fourth-order valence-corrected chi connectivity index (χ4v) is 3.53. The molecule has 22 heavy (non-hydrogen) atoms. The van der Waals surface area contributed by atoms with Crippen LogP contribution in [0, 0.1) is 0 Å². The van der Waals surface area contributed by atoms with E-state index in [1.54, 1.807) is 12.1 Å². The molecule has 2 aromatic carbocycles. The molecule has 4 nitrogen and oxygen atoms in total. The number of rotatable bonds is 3. The molecule has 0 atom stereocenters. The Morgan fingerprint density at radius 2 is 2.09 bits per heavy atom. The molecule has 1 aromatic heterocycles. The highest BCUT2D eigenvalue weighted by molar-refractivity contribution is 9.10. The Balaban J connectivity index is 1.99. The molecular formula is C16H13BrN2O2S. The fourth-order valence-electron chi connectivity index (χ4n) is 2.25. The summed E-state index contributed by atoms with van der Waals surface area (Å²) in [4.78, 5) is 17.0. The molecule has 0 radical (unpaired) electrons. The number of phenols is 1. The van der Waals surface area contributed by atoms with Crippen LogP contribution in [0.3, 0.4) is 0 Å². The van der Waals surface area contributed by atoms with Crippen LogP contribution in [0.5, 0.6) is 5.75 Å². The van der Waals surface area contributed by atoms with Crippen molar-refractivity contribution in [1.82, 2.24) is 9.55 Å². The van der Waals surface area contributed by atoms with Crippen molar-refractivity contribution in [3.05, 3.63) is 52.5 Å². The molecule has 0 bridgehead atoms. The highest BCUT2D eigenvalue weighted by Crippen LogP contribution is 2.31. The zero-order chi connectivity index (χ0) is 15.7. The number of hydrogen-bond acceptors (Lipinski definition) is 4. The minimum atomic E-state index is -0.233. The first-order valence-corrected chi connectivity index (χ1v) is 8.37. The number of hydrogen-bond donors (Lipinski definition) is 1. The van der Waals surface area contributed by atoms with E-state index in [2.05, 4.69) is 20.9 Å². The summed E-state index contributed by atoms with van der Waals surface area (Å²) < 4.78 is 2.74. The molecule has 3 rings (SSSR count). The lowest BCUT2D eigenvalue weighted by Crippen LogP contribution is -2.00. The zero-order valence-corrected chi connectivity index (χ0v) is 14.2. The van der Waals surface area contributed by atoms with Crippen LogP contribution in [0.15, 0.2) is 52.1 Å². The first-order valence-electron chi connectivity index (χ1n) is 6.76. The average molecular weight is 377 g/mol. The Bertz CT molecular complexity index is 860. The van der Waals surface area contributed by atoms with Gasteiger partial charge in [-0.15, -0.1) is 0 Å². The van der Waals surface area contributed by atoms with Gasteiger partial charge in [0.2, 0.25) is 5.12 Å². The maximum atomic E-state index is 12.5. The minimum Gasteiger partial charge on any atom is -0.507 e. The predicted molar refractivity (Wildman–Crippen MR) is 91.4 cm³/mol. The molecule has 0 saturated carbocycles. The van der Waals surface area contributed by atoms with Crippen molar-refractivity contribution in [2.75, 3.05) is 0 Å². The zero-order valence-electron chi connectivity index (χ0n) is 11.8. The molecule has 0 fully saturated rings. The summed E-state index contributed by atoms with van der Waals surface area (Å²) in [5.41, 5.74) is 2.13. The van der Waals surface area contributed by atoms with Crippen molar-refractivity contribution in [1.29, 1.82) is 0 Å². The third-order valence-corrected chi connectivity index (χ3v) is 4.69. The lowest BCUT2D eigenvalue weighted by atomic mass is 10.2. The van der Waals surface area contributed by atoms with Crippen LogP contribution in [0.4, 0.5) is 0 Å². The number of carbonyl (C=O) groups is 1. The van der Waals surface area contributed by atoms with E-state index in [-0.39, 0.29) is 16.4 Å². The van der Waals surface area contributed by atoms with Gasteiger partial charge < -0.3 is 9.67 Å². The fraction of sp³-hybridized carbons (Fsp3) is 0.125. The highest BCUT2D eigenvalue weighted by atomic mass is 79.9. The summed E-state index contributed by atoms with van der Waals surface area (Å²) >= 11 is 4.34. The van der Waals surface area contributed by atoms with Gasteiger partial charge in [0.05, 0.1) is 16.6 Å². The third-order valence-electron chi connectivity index (χ3n) is 3.30. The largest absolute Gasteiger partial charge is 0.507 e. The van der Waals surface area contributed by atoms with Crippen LogP contribution in [-0.2, 0) is 6.54 Å². The second-order valence-electron chi connectivity index (χ2n) is 4.68. The average Bonchev–Trinajstić information content (AvgIpc) is 2.86. The van der Waals surface area contributed by atoms with E-state index in [0.29, 0.717) is 5.16 Å². The quantitative estimate of drug-likeness (QED) is 0.685. The predicted octanol–water partition coefficient (Wildman–Crippen LogP) is 4.46. The molecule has 0 aliphatic rings. The molecular weight excluding hydrogens is 364 g/mol. The Morgan fingerprint density at radius 3 is 2.86 bits per heavy atom. The molecule has 0 aliphatic heterocycles. The summed E-state index contributed by atoms with van der Waals surface area (Å²) in [6.07, 6.45) is 0. The van der Waals surface area contributed by atoms with Gasteiger partial charge in [-0.3, -0.25) is 4.79 Å². The number of phenolic OH excluding ortho intramolecular Hbond substituents is 1. The van der Waals surface area contributed by atoms with Gasteiger partial charge in [-0.25, -0.2) is 4.98 Å². The Kier molecular flexibility index (Phi) is 4.22. The van der Waals surface area contributed by atoms with Crippen molar-refractivity contribution < 1.29 is 9.90 Å². The molecule has 1 N–H and O–H groups in total. The van der Waals surface area contributed by atoms with E-state index in [1.165, 1.54) is 6.07 Å². The minimum absolute atomic E-state index is 0.0279. The number of imidazole rings is 1. The summed E-state index contributed by atoms with van der Waals surface area (Å²) in [5, 5.41) is 10.3. The van der Waals surface area contributed by atoms with Crippen LogP contribution in [0.25, 0.3) is 11.0 Å². The number of fused-ring (bicyclic) bond motifs is 1. The van der Waals surface area contributed by atoms with Crippen LogP contribution in [0.1, 0.15) is 17.3 Å². The molecule has 0 unspecified atom stereocenters. The SMILES string of the molecule is CCn1c(SC(=O)c2cc(Br)ccc2O)nc2ccccc21. The number of aryl methyl sites for hydroxylation is 1. The van der Waals surface area contributed by atoms with Gasteiger partial charge in [0, 0.05) is 11.0 Å². The Hall–Kier alpha value is -1.79. The summed E-state index contributed by atoms with van der Waals surface area (Å²) in [6, 6.07) is 12.6. The van der Waals surface area contributed by atoms with Crippen LogP contribution >= 0.6 is 27.7 Å². The van der Waals surface area contributed by atoms with Crippen molar-refractivity contribution in [2.45, 2.75) is 18.6 Å². The van der Waals surface area contributed by atoms with Gasteiger partial charge in [0.15, 0.2) is 5.16 Å². The smallest absolute Gasteiger partial charge is 0.230 e. The molecule has 3 aromatic rings. The number of nitrogens with zero attached hydrogens (tertiary/aromatic N) is 2. The highest BCUT2D eigenvalue weighted by Gasteiger charge is 2.18. The van der Waals surface area contributed by atoms with E-state index < -0.39 is 0 Å². The maximum Gasteiger partial charge on any atom is 0.230 e. The maximum absolute atomic E-state index is 12.5. The van der Waals surface area contributed by atoms with Crippen molar-refractivity contribution in [2.24, 2.45) is 0 Å². The molecule has 0 spiro atoms. The molecule has 0 amide bonds. The molecule has 0 saturated heterocycles. The standard InChI is InChI=1S/C16H13BrN2O2S/c1-2-19-13-6-4-3-5-12(13)18-16(19)22-15(21)11-9-10(17)7-8-14(11)20/h3-9,20H,2H2,1H3. The number of thioether (sulfide) groups is 1. The second kappa shape index (κ2) is 6.14. The monoisotopic (exact) mass is 376 g/mol. The molecule has 112 valence electrons. The van der Waals surface area contributed by atoms with Crippen LogP contribution in [0.2, 0.25) is 0 Å². The van der Waals surface area contributed by atoms with E-state index >= 15 is 0 Å². The van der Waals surface area contributed by atoms with Gasteiger partial charge >= 0.3 is 0 Å². The second-order valence-corrected chi connectivity index (χ2v) is 6.53. The van der Waals surface area contributed by atoms with Gasteiger partial charge in [-0.2, -0.15) is 0 Å². The first kappa shape index (κ1) is 15.1. The number of benzene rings is 2. The van der Waals surface area contributed by atoms with E-state index in [4.69, 9.17) is 0 Å². The van der Waals surface area contributed by atoms with Gasteiger partial charge in [-0.1, -0.05) is 28.1 Å². The van der Waals surface area contributed by atoms with E-state index in [1.807, 2.05) is 35.8 Å². The van der Waals surface area contributed by atoms with Crippen molar-refractivity contribution in [3.8, 4) is 5.75 Å². The van der Waals surface area contributed by atoms with E-state index in [9.17, 15) is 9.90 Å². The lowest BCUT2D eigenvalue weighted by molar-refractivity contribution is 0.108. The van der Waals surface area contributed by atoms with E-state index in [0.717, 1.165) is 33.8 Å². The van der Waals surface area contributed by atoms with Crippen molar-refractivity contribution >= 4 is 43.8 Å². The number of halogens is 1.